The summed E-state index contributed by atoms with van der Waals surface area (Å²) < 4.78 is 0. The first-order valence-electron chi connectivity index (χ1n) is 7.90. The van der Waals surface area contributed by atoms with Crippen LogP contribution in [-0.2, 0) is 4.79 Å². The van der Waals surface area contributed by atoms with E-state index in [9.17, 15) is 4.79 Å². The van der Waals surface area contributed by atoms with Crippen molar-refractivity contribution in [3.05, 3.63) is 0 Å². The van der Waals surface area contributed by atoms with E-state index in [1.54, 1.807) is 0 Å². The number of carbonyl (C=O) groups excluding carboxylic acids is 1. The van der Waals surface area contributed by atoms with Crippen LogP contribution in [0.25, 0.3) is 0 Å². The molecule has 1 rings (SSSR count). The molecular formula is C15H31N3O. The Morgan fingerprint density at radius 1 is 1.37 bits per heavy atom. The average Bonchev–Trinajstić information content (AvgIpc) is 2.37. The van der Waals surface area contributed by atoms with Gasteiger partial charge in [0.1, 0.15) is 0 Å². The molecule has 4 nitrogen and oxygen atoms in total. The quantitative estimate of drug-likeness (QED) is 0.672. The minimum atomic E-state index is -0.0301. The first kappa shape index (κ1) is 16.4. The molecule has 0 bridgehead atoms. The van der Waals surface area contributed by atoms with E-state index in [0.29, 0.717) is 18.6 Å². The van der Waals surface area contributed by atoms with Gasteiger partial charge in [-0.05, 0) is 45.6 Å². The van der Waals surface area contributed by atoms with E-state index in [-0.39, 0.29) is 11.9 Å². The van der Waals surface area contributed by atoms with Gasteiger partial charge in [0.2, 0.25) is 5.91 Å². The van der Waals surface area contributed by atoms with Crippen LogP contribution in [0.3, 0.4) is 0 Å². The van der Waals surface area contributed by atoms with Gasteiger partial charge in [-0.15, -0.1) is 0 Å². The summed E-state index contributed by atoms with van der Waals surface area (Å²) in [5, 5.41) is 3.16. The van der Waals surface area contributed by atoms with Gasteiger partial charge in [-0.1, -0.05) is 20.3 Å². The molecule has 0 aromatic rings. The van der Waals surface area contributed by atoms with Crippen LogP contribution in [0.15, 0.2) is 0 Å². The van der Waals surface area contributed by atoms with Crippen molar-refractivity contribution in [3.63, 3.8) is 0 Å². The second-order valence-corrected chi connectivity index (χ2v) is 5.66. The standard InChI is InChI=1S/C15H31N3O/c1-4-13(5-2)17-15(19)12(3)18(11-7-10-16)14-8-6-9-14/h12-14H,4-11,16H2,1-3H3,(H,17,19). The van der Waals surface area contributed by atoms with E-state index in [2.05, 4.69) is 24.1 Å². The molecule has 1 atom stereocenters. The van der Waals surface area contributed by atoms with Crippen LogP contribution in [0.5, 0.6) is 0 Å². The van der Waals surface area contributed by atoms with Crippen LogP contribution in [0.2, 0.25) is 0 Å². The Hall–Kier alpha value is -0.610. The topological polar surface area (TPSA) is 58.4 Å². The first-order chi connectivity index (χ1) is 9.13. The molecule has 0 heterocycles. The Morgan fingerprint density at radius 3 is 2.42 bits per heavy atom. The van der Waals surface area contributed by atoms with Gasteiger partial charge in [0.25, 0.3) is 0 Å². The maximum atomic E-state index is 12.3. The van der Waals surface area contributed by atoms with E-state index in [1.807, 2.05) is 6.92 Å². The summed E-state index contributed by atoms with van der Waals surface area (Å²) in [6.45, 7) is 7.92. The molecule has 3 N–H and O–H groups in total. The lowest BCUT2D eigenvalue weighted by Gasteiger charge is -2.41. The lowest BCUT2D eigenvalue weighted by Crippen LogP contribution is -2.53. The monoisotopic (exact) mass is 269 g/mol. The fourth-order valence-electron chi connectivity index (χ4n) is 2.65. The summed E-state index contributed by atoms with van der Waals surface area (Å²) in [4.78, 5) is 14.7. The Labute approximate surface area is 118 Å². The summed E-state index contributed by atoms with van der Waals surface area (Å²) in [6, 6.07) is 0.874. The smallest absolute Gasteiger partial charge is 0.237 e. The van der Waals surface area contributed by atoms with Crippen molar-refractivity contribution in [2.24, 2.45) is 5.73 Å². The molecule has 1 aliphatic rings. The Bertz CT molecular complexity index is 262. The average molecular weight is 269 g/mol. The number of rotatable bonds is 9. The second-order valence-electron chi connectivity index (χ2n) is 5.66. The zero-order valence-electron chi connectivity index (χ0n) is 12.8. The number of hydrogen-bond acceptors (Lipinski definition) is 3. The molecule has 1 aliphatic carbocycles. The molecule has 0 aromatic carbocycles. The number of amides is 1. The molecule has 19 heavy (non-hydrogen) atoms. The summed E-state index contributed by atoms with van der Waals surface area (Å²) in [5.74, 6) is 0.178. The maximum Gasteiger partial charge on any atom is 0.237 e. The van der Waals surface area contributed by atoms with Gasteiger partial charge < -0.3 is 11.1 Å². The third-order valence-electron chi connectivity index (χ3n) is 4.37. The lowest BCUT2D eigenvalue weighted by atomic mass is 9.90. The van der Waals surface area contributed by atoms with Gasteiger partial charge in [0.15, 0.2) is 0 Å². The number of carbonyl (C=O) groups is 1. The van der Waals surface area contributed by atoms with Gasteiger partial charge >= 0.3 is 0 Å². The Balaban J connectivity index is 2.53. The van der Waals surface area contributed by atoms with Crippen LogP contribution in [-0.4, -0.2) is 42.0 Å². The molecular weight excluding hydrogens is 238 g/mol. The van der Waals surface area contributed by atoms with Gasteiger partial charge in [0, 0.05) is 18.6 Å². The number of nitrogens with two attached hydrogens (primary N) is 1. The lowest BCUT2D eigenvalue weighted by molar-refractivity contribution is -0.128. The van der Waals surface area contributed by atoms with Crippen LogP contribution >= 0.6 is 0 Å². The van der Waals surface area contributed by atoms with E-state index >= 15 is 0 Å². The summed E-state index contributed by atoms with van der Waals surface area (Å²) in [6.07, 6.45) is 6.73. The van der Waals surface area contributed by atoms with Crippen molar-refractivity contribution >= 4 is 5.91 Å². The number of nitrogens with zero attached hydrogens (tertiary/aromatic N) is 1. The van der Waals surface area contributed by atoms with Crippen molar-refractivity contribution in [2.75, 3.05) is 13.1 Å². The van der Waals surface area contributed by atoms with E-state index in [4.69, 9.17) is 5.73 Å². The zero-order chi connectivity index (χ0) is 14.3. The Morgan fingerprint density at radius 2 is 2.00 bits per heavy atom. The molecule has 0 aromatic heterocycles. The highest BCUT2D eigenvalue weighted by Gasteiger charge is 2.31. The van der Waals surface area contributed by atoms with Gasteiger partial charge in [-0.3, -0.25) is 9.69 Å². The van der Waals surface area contributed by atoms with Crippen LogP contribution in [0.1, 0.15) is 59.3 Å². The molecule has 1 unspecified atom stereocenters. The third-order valence-corrected chi connectivity index (χ3v) is 4.37. The van der Waals surface area contributed by atoms with Gasteiger partial charge in [-0.25, -0.2) is 0 Å². The van der Waals surface area contributed by atoms with Crippen LogP contribution in [0.4, 0.5) is 0 Å². The molecule has 0 aliphatic heterocycles. The summed E-state index contributed by atoms with van der Waals surface area (Å²) in [5.41, 5.74) is 5.61. The first-order valence-corrected chi connectivity index (χ1v) is 7.90. The predicted molar refractivity (Wildman–Crippen MR) is 80.0 cm³/mol. The molecule has 1 fully saturated rings. The Kier molecular flexibility index (Phi) is 7.39. The SMILES string of the molecule is CCC(CC)NC(=O)C(C)N(CCCN)C1CCC1. The normalized spacial score (nSPS) is 17.6. The highest BCUT2D eigenvalue weighted by Crippen LogP contribution is 2.26. The summed E-state index contributed by atoms with van der Waals surface area (Å²) >= 11 is 0. The van der Waals surface area contributed by atoms with Crippen molar-refractivity contribution < 1.29 is 4.79 Å². The molecule has 0 spiro atoms. The van der Waals surface area contributed by atoms with Crippen LogP contribution < -0.4 is 11.1 Å². The van der Waals surface area contributed by atoms with Gasteiger partial charge in [0.05, 0.1) is 6.04 Å². The summed E-state index contributed by atoms with van der Waals surface area (Å²) in [7, 11) is 0. The van der Waals surface area contributed by atoms with Crippen molar-refractivity contribution in [1.82, 2.24) is 10.2 Å². The molecule has 0 radical (unpaired) electrons. The van der Waals surface area contributed by atoms with Gasteiger partial charge in [-0.2, -0.15) is 0 Å². The van der Waals surface area contributed by atoms with E-state index in [1.165, 1.54) is 19.3 Å². The van der Waals surface area contributed by atoms with Crippen molar-refractivity contribution in [3.8, 4) is 0 Å². The number of nitrogens with one attached hydrogen (secondary N) is 1. The maximum absolute atomic E-state index is 12.3. The van der Waals surface area contributed by atoms with Crippen molar-refractivity contribution in [2.45, 2.75) is 77.4 Å². The largest absolute Gasteiger partial charge is 0.352 e. The highest BCUT2D eigenvalue weighted by molar-refractivity contribution is 5.81. The predicted octanol–water partition coefficient (Wildman–Crippen LogP) is 1.88. The van der Waals surface area contributed by atoms with E-state index < -0.39 is 0 Å². The van der Waals surface area contributed by atoms with Crippen molar-refractivity contribution in [1.29, 1.82) is 0 Å². The minimum absolute atomic E-state index is 0.0301. The molecule has 1 saturated carbocycles. The molecule has 112 valence electrons. The fourth-order valence-corrected chi connectivity index (χ4v) is 2.65. The molecule has 4 heteroatoms. The van der Waals surface area contributed by atoms with E-state index in [0.717, 1.165) is 25.8 Å². The highest BCUT2D eigenvalue weighted by atomic mass is 16.2. The molecule has 1 amide bonds. The van der Waals surface area contributed by atoms with Crippen LogP contribution in [0, 0.1) is 0 Å². The zero-order valence-corrected chi connectivity index (χ0v) is 12.8. The second kappa shape index (κ2) is 8.54. The third kappa shape index (κ3) is 4.77. The molecule has 0 saturated heterocycles. The fraction of sp³-hybridized carbons (Fsp3) is 0.933. The minimum Gasteiger partial charge on any atom is -0.352 e. The number of hydrogen-bond donors (Lipinski definition) is 2.